The SMILES string of the molecule is CCC(=O)N1C[C@@H]2CN(C(=O)c3cccc(OC)c3OC)C[C@@H]2[C@H]1c1ccccc1. The van der Waals surface area contributed by atoms with E-state index in [2.05, 4.69) is 12.1 Å². The number of fused-ring (bicyclic) bond motifs is 1. The molecule has 2 aromatic rings. The van der Waals surface area contributed by atoms with Crippen LogP contribution in [0.1, 0.15) is 35.3 Å². The fourth-order valence-corrected chi connectivity index (χ4v) is 4.97. The first kappa shape index (κ1) is 20.3. The molecule has 0 saturated carbocycles. The van der Waals surface area contributed by atoms with Gasteiger partial charge in [-0.1, -0.05) is 43.3 Å². The molecular weight excluding hydrogens is 380 g/mol. The van der Waals surface area contributed by atoms with Gasteiger partial charge in [-0.2, -0.15) is 0 Å². The molecule has 0 N–H and O–H groups in total. The molecule has 3 atom stereocenters. The third-order valence-corrected chi connectivity index (χ3v) is 6.35. The lowest BCUT2D eigenvalue weighted by Gasteiger charge is -2.30. The van der Waals surface area contributed by atoms with Crippen molar-refractivity contribution in [2.24, 2.45) is 11.8 Å². The number of hydrogen-bond donors (Lipinski definition) is 0. The molecule has 2 fully saturated rings. The summed E-state index contributed by atoms with van der Waals surface area (Å²) >= 11 is 0. The minimum Gasteiger partial charge on any atom is -0.493 e. The molecule has 2 aromatic carbocycles. The molecule has 158 valence electrons. The Hall–Kier alpha value is -3.02. The molecular formula is C24H28N2O4. The molecule has 0 aromatic heterocycles. The predicted molar refractivity (Wildman–Crippen MR) is 114 cm³/mol. The second kappa shape index (κ2) is 8.38. The summed E-state index contributed by atoms with van der Waals surface area (Å²) in [6.07, 6.45) is 0.492. The van der Waals surface area contributed by atoms with Crippen molar-refractivity contribution in [3.63, 3.8) is 0 Å². The van der Waals surface area contributed by atoms with Crippen LogP contribution >= 0.6 is 0 Å². The second-order valence-electron chi connectivity index (χ2n) is 7.93. The number of carbonyl (C=O) groups is 2. The molecule has 0 unspecified atom stereocenters. The first-order chi connectivity index (χ1) is 14.6. The van der Waals surface area contributed by atoms with Crippen LogP contribution in [-0.4, -0.2) is 55.5 Å². The quantitative estimate of drug-likeness (QED) is 0.761. The van der Waals surface area contributed by atoms with E-state index in [-0.39, 0.29) is 29.7 Å². The summed E-state index contributed by atoms with van der Waals surface area (Å²) in [7, 11) is 3.11. The van der Waals surface area contributed by atoms with Gasteiger partial charge in [-0.3, -0.25) is 9.59 Å². The van der Waals surface area contributed by atoms with Gasteiger partial charge in [-0.15, -0.1) is 0 Å². The van der Waals surface area contributed by atoms with Crippen molar-refractivity contribution in [1.82, 2.24) is 9.80 Å². The zero-order valence-corrected chi connectivity index (χ0v) is 17.7. The van der Waals surface area contributed by atoms with Crippen LogP contribution in [0.2, 0.25) is 0 Å². The molecule has 6 heteroatoms. The van der Waals surface area contributed by atoms with Gasteiger partial charge in [0.05, 0.1) is 25.8 Å². The number of nitrogens with zero attached hydrogens (tertiary/aromatic N) is 2. The lowest BCUT2D eigenvalue weighted by Crippen LogP contribution is -2.37. The van der Waals surface area contributed by atoms with E-state index in [9.17, 15) is 9.59 Å². The molecule has 6 nitrogen and oxygen atoms in total. The third-order valence-electron chi connectivity index (χ3n) is 6.35. The maximum Gasteiger partial charge on any atom is 0.257 e. The number of carbonyl (C=O) groups excluding carboxylic acids is 2. The molecule has 0 bridgehead atoms. The maximum absolute atomic E-state index is 13.4. The molecule has 4 rings (SSSR count). The van der Waals surface area contributed by atoms with Crippen molar-refractivity contribution in [1.29, 1.82) is 0 Å². The summed E-state index contributed by atoms with van der Waals surface area (Å²) in [5.74, 6) is 1.62. The lowest BCUT2D eigenvalue weighted by molar-refractivity contribution is -0.132. The van der Waals surface area contributed by atoms with E-state index in [0.29, 0.717) is 43.1 Å². The highest BCUT2D eigenvalue weighted by Crippen LogP contribution is 2.46. The van der Waals surface area contributed by atoms with E-state index < -0.39 is 0 Å². The van der Waals surface area contributed by atoms with Crippen LogP contribution in [0.4, 0.5) is 0 Å². The predicted octanol–water partition coefficient (Wildman–Crippen LogP) is 3.39. The Kier molecular flexibility index (Phi) is 5.66. The zero-order valence-electron chi connectivity index (χ0n) is 17.7. The van der Waals surface area contributed by atoms with Gasteiger partial charge in [-0.25, -0.2) is 0 Å². The number of rotatable bonds is 5. The van der Waals surface area contributed by atoms with E-state index in [1.807, 2.05) is 34.9 Å². The standard InChI is InChI=1S/C24H28N2O4/c1-4-21(27)26-14-17-13-25(15-19(17)22(26)16-9-6-5-7-10-16)24(28)18-11-8-12-20(29-2)23(18)30-3/h5-12,17,19,22H,4,13-15H2,1-3H3/t17-,19-,22+/m0/s1. The minimum absolute atomic E-state index is 0.00801. The summed E-state index contributed by atoms with van der Waals surface area (Å²) in [5, 5.41) is 0. The molecule has 2 aliphatic heterocycles. The highest BCUT2D eigenvalue weighted by atomic mass is 16.5. The van der Waals surface area contributed by atoms with Crippen LogP contribution < -0.4 is 9.47 Å². The first-order valence-corrected chi connectivity index (χ1v) is 10.4. The summed E-state index contributed by atoms with van der Waals surface area (Å²) in [5.41, 5.74) is 1.65. The fraction of sp³-hybridized carbons (Fsp3) is 0.417. The van der Waals surface area contributed by atoms with Gasteiger partial charge >= 0.3 is 0 Å². The lowest BCUT2D eigenvalue weighted by atomic mass is 9.89. The number of hydrogen-bond acceptors (Lipinski definition) is 4. The Morgan fingerprint density at radius 2 is 1.73 bits per heavy atom. The Bertz CT molecular complexity index is 930. The first-order valence-electron chi connectivity index (χ1n) is 10.4. The molecule has 0 radical (unpaired) electrons. The van der Waals surface area contributed by atoms with E-state index in [4.69, 9.17) is 9.47 Å². The average Bonchev–Trinajstić information content (AvgIpc) is 3.36. The molecule has 0 spiro atoms. The average molecular weight is 408 g/mol. The molecule has 2 heterocycles. The van der Waals surface area contributed by atoms with Crippen LogP contribution in [-0.2, 0) is 4.79 Å². The van der Waals surface area contributed by atoms with Gasteiger partial charge in [0.15, 0.2) is 11.5 Å². The Morgan fingerprint density at radius 3 is 2.40 bits per heavy atom. The van der Waals surface area contributed by atoms with Gasteiger partial charge < -0.3 is 19.3 Å². The highest BCUT2D eigenvalue weighted by Gasteiger charge is 2.50. The molecule has 30 heavy (non-hydrogen) atoms. The van der Waals surface area contributed by atoms with E-state index >= 15 is 0 Å². The smallest absolute Gasteiger partial charge is 0.257 e. The Morgan fingerprint density at radius 1 is 0.967 bits per heavy atom. The monoisotopic (exact) mass is 408 g/mol. The molecule has 0 aliphatic carbocycles. The summed E-state index contributed by atoms with van der Waals surface area (Å²) in [6.45, 7) is 3.86. The van der Waals surface area contributed by atoms with Gasteiger partial charge in [0, 0.05) is 37.9 Å². The van der Waals surface area contributed by atoms with Crippen molar-refractivity contribution < 1.29 is 19.1 Å². The summed E-state index contributed by atoms with van der Waals surface area (Å²) in [6, 6.07) is 15.5. The van der Waals surface area contributed by atoms with Gasteiger partial charge in [0.25, 0.3) is 5.91 Å². The van der Waals surface area contributed by atoms with Crippen molar-refractivity contribution in [2.45, 2.75) is 19.4 Å². The molecule has 2 saturated heterocycles. The second-order valence-corrected chi connectivity index (χ2v) is 7.93. The fourth-order valence-electron chi connectivity index (χ4n) is 4.97. The third kappa shape index (κ3) is 3.40. The van der Waals surface area contributed by atoms with E-state index in [1.54, 1.807) is 32.4 Å². The zero-order chi connectivity index (χ0) is 21.3. The number of benzene rings is 2. The van der Waals surface area contributed by atoms with Crippen LogP contribution in [0.25, 0.3) is 0 Å². The number of ether oxygens (including phenoxy) is 2. The van der Waals surface area contributed by atoms with Crippen LogP contribution in [0.5, 0.6) is 11.5 Å². The molecule has 2 amide bonds. The van der Waals surface area contributed by atoms with Crippen molar-refractivity contribution >= 4 is 11.8 Å². The van der Waals surface area contributed by atoms with E-state index in [0.717, 1.165) is 5.56 Å². The van der Waals surface area contributed by atoms with Gasteiger partial charge in [0.2, 0.25) is 5.91 Å². The number of methoxy groups -OCH3 is 2. The van der Waals surface area contributed by atoms with Crippen molar-refractivity contribution in [3.8, 4) is 11.5 Å². The summed E-state index contributed by atoms with van der Waals surface area (Å²) in [4.78, 5) is 29.9. The number of likely N-dealkylation sites (tertiary alicyclic amines) is 2. The van der Waals surface area contributed by atoms with Crippen molar-refractivity contribution in [3.05, 3.63) is 59.7 Å². The Labute approximate surface area is 177 Å². The van der Waals surface area contributed by atoms with Crippen molar-refractivity contribution in [2.75, 3.05) is 33.9 Å². The van der Waals surface area contributed by atoms with Gasteiger partial charge in [-0.05, 0) is 17.7 Å². The number of amides is 2. The topological polar surface area (TPSA) is 59.1 Å². The van der Waals surface area contributed by atoms with Gasteiger partial charge in [0.1, 0.15) is 0 Å². The Balaban J connectivity index is 1.61. The summed E-state index contributed by atoms with van der Waals surface area (Å²) < 4.78 is 10.8. The number of para-hydroxylation sites is 1. The van der Waals surface area contributed by atoms with Crippen LogP contribution in [0, 0.1) is 11.8 Å². The maximum atomic E-state index is 13.4. The largest absolute Gasteiger partial charge is 0.493 e. The minimum atomic E-state index is -0.0553. The van der Waals surface area contributed by atoms with E-state index in [1.165, 1.54) is 0 Å². The highest BCUT2D eigenvalue weighted by molar-refractivity contribution is 5.98. The molecule has 2 aliphatic rings. The van der Waals surface area contributed by atoms with Crippen LogP contribution in [0.15, 0.2) is 48.5 Å². The normalized spacial score (nSPS) is 22.7. The van der Waals surface area contributed by atoms with Crippen LogP contribution in [0.3, 0.4) is 0 Å².